The minimum Gasteiger partial charge on any atom is -0.391 e. The topological polar surface area (TPSA) is 53.4 Å². The number of hydrogen-bond donors (Lipinski definition) is 1. The average Bonchev–Trinajstić information content (AvgIpc) is 3.22. The molecule has 4 rings (SSSR count). The fourth-order valence-corrected chi connectivity index (χ4v) is 4.59. The lowest BCUT2D eigenvalue weighted by atomic mass is 9.87. The van der Waals surface area contributed by atoms with Gasteiger partial charge in [0.25, 0.3) is 0 Å². The summed E-state index contributed by atoms with van der Waals surface area (Å²) in [4.78, 5) is 19.2. The molecule has 4 heteroatoms. The number of aliphatic hydroxyl groups excluding tert-OH is 1. The Kier molecular flexibility index (Phi) is 4.24. The molecule has 1 saturated heterocycles. The Hall–Kier alpha value is -1.94. The minimum atomic E-state index is -0.444. The summed E-state index contributed by atoms with van der Waals surface area (Å²) in [5.74, 6) is 0.339. The highest BCUT2D eigenvalue weighted by Gasteiger charge is 2.43. The van der Waals surface area contributed by atoms with Crippen molar-refractivity contribution in [2.24, 2.45) is 11.3 Å². The number of aromatic nitrogens is 1. The van der Waals surface area contributed by atoms with Gasteiger partial charge >= 0.3 is 0 Å². The number of benzene rings is 1. The second kappa shape index (κ2) is 6.41. The van der Waals surface area contributed by atoms with Crippen LogP contribution in [0, 0.1) is 11.3 Å². The van der Waals surface area contributed by atoms with Crippen molar-refractivity contribution in [3.63, 3.8) is 0 Å². The summed E-state index contributed by atoms with van der Waals surface area (Å²) in [5, 5.41) is 11.7. The van der Waals surface area contributed by atoms with E-state index in [1.807, 2.05) is 35.4 Å². The van der Waals surface area contributed by atoms with Gasteiger partial charge in [-0.25, -0.2) is 0 Å². The van der Waals surface area contributed by atoms with E-state index in [9.17, 15) is 9.90 Å². The fourth-order valence-electron chi connectivity index (χ4n) is 4.59. The van der Waals surface area contributed by atoms with Crippen molar-refractivity contribution in [3.05, 3.63) is 42.1 Å². The summed E-state index contributed by atoms with van der Waals surface area (Å²) < 4.78 is 0. The quantitative estimate of drug-likeness (QED) is 0.935. The molecule has 0 spiro atoms. The lowest BCUT2D eigenvalue weighted by Gasteiger charge is -2.28. The maximum atomic E-state index is 12.9. The normalized spacial score (nSPS) is 25.6. The number of nitrogens with zero attached hydrogens (tertiary/aromatic N) is 2. The highest BCUT2D eigenvalue weighted by Crippen LogP contribution is 2.40. The van der Waals surface area contributed by atoms with Crippen LogP contribution in [-0.4, -0.2) is 40.1 Å². The van der Waals surface area contributed by atoms with Gasteiger partial charge in [-0.05, 0) is 37.0 Å². The first-order valence-corrected chi connectivity index (χ1v) is 9.37. The SMILES string of the molecule is CC1(C(=O)N2C[C@@H](Cc3ccnc4ccccc34)[C@@H](O)C2)CCCC1. The number of amides is 1. The summed E-state index contributed by atoms with van der Waals surface area (Å²) in [6, 6.07) is 10.2. The molecule has 1 N–H and O–H groups in total. The smallest absolute Gasteiger partial charge is 0.228 e. The maximum Gasteiger partial charge on any atom is 0.228 e. The third kappa shape index (κ3) is 3.04. The van der Waals surface area contributed by atoms with Gasteiger partial charge in [0.05, 0.1) is 11.6 Å². The van der Waals surface area contributed by atoms with Crippen LogP contribution in [0.5, 0.6) is 0 Å². The summed E-state index contributed by atoms with van der Waals surface area (Å²) in [6.07, 6.45) is 6.43. The molecule has 2 atom stereocenters. The van der Waals surface area contributed by atoms with Crippen molar-refractivity contribution in [3.8, 4) is 0 Å². The van der Waals surface area contributed by atoms with Crippen LogP contribution in [0.3, 0.4) is 0 Å². The molecule has 1 aromatic heterocycles. The number of likely N-dealkylation sites (tertiary alicyclic amines) is 1. The second-order valence-corrected chi connectivity index (χ2v) is 8.00. The Balaban J connectivity index is 1.51. The van der Waals surface area contributed by atoms with E-state index < -0.39 is 6.10 Å². The number of carbonyl (C=O) groups is 1. The van der Waals surface area contributed by atoms with Crippen LogP contribution in [0.25, 0.3) is 10.9 Å². The zero-order valence-electron chi connectivity index (χ0n) is 14.8. The number of para-hydroxylation sites is 1. The van der Waals surface area contributed by atoms with Crippen LogP contribution in [0.1, 0.15) is 38.2 Å². The summed E-state index contributed by atoms with van der Waals surface area (Å²) in [5.41, 5.74) is 1.98. The van der Waals surface area contributed by atoms with Crippen LogP contribution in [0.2, 0.25) is 0 Å². The van der Waals surface area contributed by atoms with Gasteiger partial charge in [0, 0.05) is 36.0 Å². The number of rotatable bonds is 3. The molecule has 2 aliphatic rings. The Morgan fingerprint density at radius 1 is 1.24 bits per heavy atom. The fraction of sp³-hybridized carbons (Fsp3) is 0.524. The van der Waals surface area contributed by atoms with Gasteiger partial charge in [-0.15, -0.1) is 0 Å². The number of pyridine rings is 1. The summed E-state index contributed by atoms with van der Waals surface area (Å²) in [7, 11) is 0. The van der Waals surface area contributed by atoms with Gasteiger partial charge in [-0.3, -0.25) is 9.78 Å². The highest BCUT2D eigenvalue weighted by atomic mass is 16.3. The van der Waals surface area contributed by atoms with Crippen molar-refractivity contribution >= 4 is 16.8 Å². The predicted molar refractivity (Wildman–Crippen MR) is 98.1 cm³/mol. The van der Waals surface area contributed by atoms with Crippen LogP contribution in [0.15, 0.2) is 36.5 Å². The van der Waals surface area contributed by atoms with E-state index in [4.69, 9.17) is 0 Å². The average molecular weight is 338 g/mol. The van der Waals surface area contributed by atoms with Gasteiger partial charge in [-0.1, -0.05) is 38.0 Å². The van der Waals surface area contributed by atoms with E-state index in [1.165, 1.54) is 5.56 Å². The molecular formula is C21H26N2O2. The Bertz CT molecular complexity index is 777. The third-order valence-electron chi connectivity index (χ3n) is 6.14. The molecular weight excluding hydrogens is 312 g/mol. The molecule has 2 fully saturated rings. The third-order valence-corrected chi connectivity index (χ3v) is 6.14. The van der Waals surface area contributed by atoms with Crippen molar-refractivity contribution in [1.82, 2.24) is 9.88 Å². The Morgan fingerprint density at radius 3 is 2.80 bits per heavy atom. The van der Waals surface area contributed by atoms with Crippen LogP contribution in [-0.2, 0) is 11.2 Å². The number of fused-ring (bicyclic) bond motifs is 1. The summed E-state index contributed by atoms with van der Waals surface area (Å²) in [6.45, 7) is 3.23. The zero-order chi connectivity index (χ0) is 17.4. The molecule has 0 bridgehead atoms. The van der Waals surface area contributed by atoms with E-state index in [0.717, 1.165) is 43.0 Å². The highest BCUT2D eigenvalue weighted by molar-refractivity contribution is 5.83. The van der Waals surface area contributed by atoms with E-state index >= 15 is 0 Å². The molecule has 25 heavy (non-hydrogen) atoms. The van der Waals surface area contributed by atoms with Crippen LogP contribution >= 0.6 is 0 Å². The van der Waals surface area contributed by atoms with Gasteiger partial charge < -0.3 is 10.0 Å². The molecule has 1 aliphatic carbocycles. The number of aliphatic hydroxyl groups is 1. The zero-order valence-corrected chi connectivity index (χ0v) is 14.8. The molecule has 2 heterocycles. The molecule has 1 saturated carbocycles. The van der Waals surface area contributed by atoms with Gasteiger partial charge in [0.2, 0.25) is 5.91 Å². The number of carbonyl (C=O) groups excluding carboxylic acids is 1. The second-order valence-electron chi connectivity index (χ2n) is 8.00. The number of β-amino-alcohol motifs (C(OH)–C–C–N with tert-alkyl or cyclic N) is 1. The molecule has 1 amide bonds. The molecule has 0 radical (unpaired) electrons. The monoisotopic (exact) mass is 338 g/mol. The van der Waals surface area contributed by atoms with Crippen molar-refractivity contribution in [1.29, 1.82) is 0 Å². The first-order chi connectivity index (χ1) is 12.1. The van der Waals surface area contributed by atoms with E-state index in [1.54, 1.807) is 0 Å². The van der Waals surface area contributed by atoms with Crippen LogP contribution in [0.4, 0.5) is 0 Å². The maximum absolute atomic E-state index is 12.9. The van der Waals surface area contributed by atoms with Gasteiger partial charge in [0.15, 0.2) is 0 Å². The minimum absolute atomic E-state index is 0.0970. The molecule has 2 aromatic rings. The molecule has 1 aliphatic heterocycles. The van der Waals surface area contributed by atoms with Crippen molar-refractivity contribution < 1.29 is 9.90 Å². The first-order valence-electron chi connectivity index (χ1n) is 9.37. The van der Waals surface area contributed by atoms with Gasteiger partial charge in [0.1, 0.15) is 0 Å². The first kappa shape index (κ1) is 16.5. The Morgan fingerprint density at radius 2 is 2.00 bits per heavy atom. The molecule has 1 aromatic carbocycles. The largest absolute Gasteiger partial charge is 0.391 e. The van der Waals surface area contributed by atoms with E-state index in [0.29, 0.717) is 13.1 Å². The van der Waals surface area contributed by atoms with E-state index in [2.05, 4.69) is 18.0 Å². The van der Waals surface area contributed by atoms with Crippen molar-refractivity contribution in [2.45, 2.75) is 45.1 Å². The Labute approximate surface area is 148 Å². The standard InChI is InChI=1S/C21H26N2O2/c1-21(9-4-5-10-21)20(25)23-13-16(19(24)14-23)12-15-8-11-22-18-7-3-2-6-17(15)18/h2-3,6-8,11,16,19,24H,4-5,9-10,12-14H2,1H3/t16-,19+/m1/s1. The number of hydrogen-bond acceptors (Lipinski definition) is 3. The van der Waals surface area contributed by atoms with Gasteiger partial charge in [-0.2, -0.15) is 0 Å². The van der Waals surface area contributed by atoms with E-state index in [-0.39, 0.29) is 17.2 Å². The molecule has 132 valence electrons. The molecule has 4 nitrogen and oxygen atoms in total. The lowest BCUT2D eigenvalue weighted by Crippen LogP contribution is -2.40. The van der Waals surface area contributed by atoms with Crippen LogP contribution < -0.4 is 0 Å². The van der Waals surface area contributed by atoms with Crippen molar-refractivity contribution in [2.75, 3.05) is 13.1 Å². The lowest BCUT2D eigenvalue weighted by molar-refractivity contribution is -0.140. The predicted octanol–water partition coefficient (Wildman–Crippen LogP) is 3.18. The summed E-state index contributed by atoms with van der Waals surface area (Å²) >= 11 is 0. The molecule has 0 unspecified atom stereocenters.